The van der Waals surface area contributed by atoms with Gasteiger partial charge in [-0.1, -0.05) is 0 Å². The molecule has 98 valence electrons. The third-order valence-electron chi connectivity index (χ3n) is 2.83. The highest BCUT2D eigenvalue weighted by Crippen LogP contribution is 2.19. The van der Waals surface area contributed by atoms with Gasteiger partial charge in [-0.3, -0.25) is 14.2 Å². The number of hydrogen-bond acceptors (Lipinski definition) is 3. The Kier molecular flexibility index (Phi) is 3.08. The largest absolute Gasteiger partial charge is 0.478 e. The highest BCUT2D eigenvalue weighted by atomic mass is 16.4. The number of rotatable bonds is 3. The zero-order valence-electron chi connectivity index (χ0n) is 10.2. The lowest BCUT2D eigenvalue weighted by atomic mass is 10.1. The van der Waals surface area contributed by atoms with E-state index in [0.29, 0.717) is 16.5 Å². The Bertz CT molecular complexity index is 746. The quantitative estimate of drug-likeness (QED) is 0.838. The Labute approximate surface area is 108 Å². The predicted molar refractivity (Wildman–Crippen MR) is 69.1 cm³/mol. The second-order valence-electron chi connectivity index (χ2n) is 4.26. The van der Waals surface area contributed by atoms with Crippen LogP contribution < -0.4 is 11.3 Å². The molecule has 2 rings (SSSR count). The van der Waals surface area contributed by atoms with Gasteiger partial charge in [0, 0.05) is 6.07 Å². The number of nitrogens with two attached hydrogens (primary N) is 1. The van der Waals surface area contributed by atoms with Gasteiger partial charge >= 0.3 is 5.97 Å². The van der Waals surface area contributed by atoms with Crippen molar-refractivity contribution in [3.8, 4) is 0 Å². The molecule has 0 aliphatic carbocycles. The van der Waals surface area contributed by atoms with E-state index in [1.807, 2.05) is 0 Å². The lowest BCUT2D eigenvalue weighted by molar-refractivity contribution is -0.118. The van der Waals surface area contributed by atoms with E-state index in [1.165, 1.54) is 28.8 Å². The van der Waals surface area contributed by atoms with Crippen molar-refractivity contribution in [2.24, 2.45) is 5.73 Å². The summed E-state index contributed by atoms with van der Waals surface area (Å²) in [7, 11) is 0. The molecule has 0 saturated heterocycles. The lowest BCUT2D eigenvalue weighted by Crippen LogP contribution is -2.28. The monoisotopic (exact) mass is 260 g/mol. The van der Waals surface area contributed by atoms with E-state index in [4.69, 9.17) is 10.8 Å². The van der Waals surface area contributed by atoms with Crippen molar-refractivity contribution in [2.75, 3.05) is 0 Å². The molecule has 0 saturated carbocycles. The van der Waals surface area contributed by atoms with E-state index in [1.54, 1.807) is 6.92 Å². The Morgan fingerprint density at radius 2 is 2.00 bits per heavy atom. The minimum absolute atomic E-state index is 0.134. The zero-order valence-corrected chi connectivity index (χ0v) is 10.2. The Morgan fingerprint density at radius 3 is 2.58 bits per heavy atom. The number of amides is 1. The number of hydrogen-bond donors (Lipinski definition) is 2. The number of nitrogens with zero attached hydrogens (tertiary/aromatic N) is 1. The molecule has 0 spiro atoms. The van der Waals surface area contributed by atoms with E-state index in [2.05, 4.69) is 0 Å². The minimum atomic E-state index is -1.04. The van der Waals surface area contributed by atoms with E-state index < -0.39 is 11.9 Å². The van der Waals surface area contributed by atoms with E-state index in [9.17, 15) is 14.4 Å². The van der Waals surface area contributed by atoms with Gasteiger partial charge in [0.15, 0.2) is 0 Å². The van der Waals surface area contributed by atoms with Gasteiger partial charge in [0.1, 0.15) is 6.54 Å². The summed E-state index contributed by atoms with van der Waals surface area (Å²) in [6.45, 7) is 1.45. The number of aromatic nitrogens is 1. The van der Waals surface area contributed by atoms with Crippen LogP contribution in [0.5, 0.6) is 0 Å². The topological polar surface area (TPSA) is 102 Å². The normalized spacial score (nSPS) is 10.6. The first-order valence-corrected chi connectivity index (χ1v) is 5.56. The number of primary amides is 1. The highest BCUT2D eigenvalue weighted by Gasteiger charge is 2.11. The molecule has 0 atom stereocenters. The molecule has 2 aromatic rings. The van der Waals surface area contributed by atoms with Crippen LogP contribution in [-0.2, 0) is 11.3 Å². The minimum Gasteiger partial charge on any atom is -0.478 e. The molecule has 0 aliphatic rings. The van der Waals surface area contributed by atoms with Crippen molar-refractivity contribution in [3.05, 3.63) is 45.7 Å². The molecule has 3 N–H and O–H groups in total. The third kappa shape index (κ3) is 2.33. The molecule has 1 heterocycles. The average Bonchev–Trinajstić information content (AvgIpc) is 2.31. The Hall–Kier alpha value is -2.63. The maximum atomic E-state index is 11.8. The van der Waals surface area contributed by atoms with Gasteiger partial charge in [0.05, 0.1) is 11.1 Å². The van der Waals surface area contributed by atoms with E-state index in [0.717, 1.165) is 0 Å². The second kappa shape index (κ2) is 4.56. The van der Waals surface area contributed by atoms with E-state index in [-0.39, 0.29) is 17.7 Å². The van der Waals surface area contributed by atoms with Crippen LogP contribution in [0.4, 0.5) is 0 Å². The molecule has 6 nitrogen and oxygen atoms in total. The zero-order chi connectivity index (χ0) is 14.2. The van der Waals surface area contributed by atoms with Crippen molar-refractivity contribution in [2.45, 2.75) is 13.5 Å². The summed E-state index contributed by atoms with van der Waals surface area (Å²) >= 11 is 0. The van der Waals surface area contributed by atoms with Crippen molar-refractivity contribution >= 4 is 22.8 Å². The van der Waals surface area contributed by atoms with Gasteiger partial charge < -0.3 is 10.8 Å². The number of benzene rings is 1. The van der Waals surface area contributed by atoms with Crippen LogP contribution in [-0.4, -0.2) is 21.6 Å². The third-order valence-corrected chi connectivity index (χ3v) is 2.83. The standard InChI is InChI=1S/C13H12N2O4/c1-7-4-9(13(18)19)5-8-2-3-11(17)15(12(7)8)6-10(14)16/h2-5H,6H2,1H3,(H2,14,16)(H,18,19). The van der Waals surface area contributed by atoms with Crippen molar-refractivity contribution in [3.63, 3.8) is 0 Å². The summed E-state index contributed by atoms with van der Waals surface area (Å²) in [5, 5.41) is 9.58. The molecule has 1 aromatic carbocycles. The van der Waals surface area contributed by atoms with Crippen LogP contribution >= 0.6 is 0 Å². The number of pyridine rings is 1. The van der Waals surface area contributed by atoms with Gasteiger partial charge in [-0.15, -0.1) is 0 Å². The summed E-state index contributed by atoms with van der Waals surface area (Å²) in [4.78, 5) is 33.8. The van der Waals surface area contributed by atoms with Crippen LogP contribution in [0.2, 0.25) is 0 Å². The summed E-state index contributed by atoms with van der Waals surface area (Å²) in [6, 6.07) is 5.74. The smallest absolute Gasteiger partial charge is 0.335 e. The molecule has 6 heteroatoms. The number of aromatic carboxylic acids is 1. The van der Waals surface area contributed by atoms with Crippen molar-refractivity contribution in [1.29, 1.82) is 0 Å². The summed E-state index contributed by atoms with van der Waals surface area (Å²) < 4.78 is 1.25. The maximum absolute atomic E-state index is 11.8. The second-order valence-corrected chi connectivity index (χ2v) is 4.26. The molecular formula is C13H12N2O4. The summed E-state index contributed by atoms with van der Waals surface area (Å²) in [6.07, 6.45) is 0. The van der Waals surface area contributed by atoms with Crippen LogP contribution in [0, 0.1) is 6.92 Å². The fourth-order valence-corrected chi connectivity index (χ4v) is 2.10. The van der Waals surface area contributed by atoms with Crippen LogP contribution in [0.1, 0.15) is 15.9 Å². The average molecular weight is 260 g/mol. The van der Waals surface area contributed by atoms with Crippen molar-refractivity contribution < 1.29 is 14.7 Å². The van der Waals surface area contributed by atoms with Crippen LogP contribution in [0.3, 0.4) is 0 Å². The fourth-order valence-electron chi connectivity index (χ4n) is 2.10. The number of carboxylic acids is 1. The SMILES string of the molecule is Cc1cc(C(=O)O)cc2ccc(=O)n(CC(N)=O)c12. The summed E-state index contributed by atoms with van der Waals surface area (Å²) in [5.41, 5.74) is 6.03. The first-order valence-electron chi connectivity index (χ1n) is 5.56. The molecule has 0 unspecified atom stereocenters. The molecule has 0 radical (unpaired) electrons. The molecule has 1 amide bonds. The van der Waals surface area contributed by atoms with Gasteiger partial charge in [-0.05, 0) is 36.1 Å². The Balaban J connectivity index is 2.82. The number of aryl methyl sites for hydroxylation is 1. The maximum Gasteiger partial charge on any atom is 0.335 e. The van der Waals surface area contributed by atoms with Gasteiger partial charge in [-0.2, -0.15) is 0 Å². The number of carboxylic acid groups (broad SMARTS) is 1. The van der Waals surface area contributed by atoms with Gasteiger partial charge in [0.25, 0.3) is 5.56 Å². The highest BCUT2D eigenvalue weighted by molar-refractivity contribution is 5.95. The number of carbonyl (C=O) groups excluding carboxylic acids is 1. The van der Waals surface area contributed by atoms with E-state index >= 15 is 0 Å². The first kappa shape index (κ1) is 12.8. The molecule has 1 aromatic heterocycles. The Morgan fingerprint density at radius 1 is 1.32 bits per heavy atom. The number of fused-ring (bicyclic) bond motifs is 1. The van der Waals surface area contributed by atoms with Crippen LogP contribution in [0.15, 0.2) is 29.1 Å². The lowest BCUT2D eigenvalue weighted by Gasteiger charge is -2.11. The summed E-state index contributed by atoms with van der Waals surface area (Å²) in [5.74, 6) is -1.67. The molecule has 0 aliphatic heterocycles. The molecule has 0 bridgehead atoms. The molecule has 0 fully saturated rings. The predicted octanol–water partition coefficient (Wildman–Crippen LogP) is 0.493. The fraction of sp³-hybridized carbons (Fsp3) is 0.154. The van der Waals surface area contributed by atoms with Crippen LogP contribution in [0.25, 0.3) is 10.9 Å². The van der Waals surface area contributed by atoms with Gasteiger partial charge in [0.2, 0.25) is 5.91 Å². The molecule has 19 heavy (non-hydrogen) atoms. The molecular weight excluding hydrogens is 248 g/mol. The first-order chi connectivity index (χ1) is 8.90. The van der Waals surface area contributed by atoms with Crippen molar-refractivity contribution in [1.82, 2.24) is 4.57 Å². The number of carbonyl (C=O) groups is 2. The van der Waals surface area contributed by atoms with Gasteiger partial charge in [-0.25, -0.2) is 4.79 Å².